The van der Waals surface area contributed by atoms with Gasteiger partial charge in [0.2, 0.25) is 10.0 Å². The number of halogens is 1. The summed E-state index contributed by atoms with van der Waals surface area (Å²) in [6.07, 6.45) is 7.74. The topological polar surface area (TPSA) is 130 Å². The maximum absolute atomic E-state index is 13.8. The van der Waals surface area contributed by atoms with Crippen LogP contribution in [0.3, 0.4) is 0 Å². The van der Waals surface area contributed by atoms with Crippen LogP contribution in [0.1, 0.15) is 72.0 Å². The Kier molecular flexibility index (Phi) is 10.3. The van der Waals surface area contributed by atoms with Gasteiger partial charge in [0.15, 0.2) is 9.84 Å². The van der Waals surface area contributed by atoms with Gasteiger partial charge in [-0.05, 0) is 110 Å². The van der Waals surface area contributed by atoms with Crippen molar-refractivity contribution in [3.63, 3.8) is 0 Å². The summed E-state index contributed by atoms with van der Waals surface area (Å²) in [5.41, 5.74) is 3.62. The molecule has 12 heteroatoms. The molecule has 5 atom stereocenters. The van der Waals surface area contributed by atoms with E-state index in [4.69, 9.17) is 16.3 Å². The molecule has 9 nitrogen and oxygen atoms in total. The van der Waals surface area contributed by atoms with Gasteiger partial charge in [0, 0.05) is 29.1 Å². The lowest BCUT2D eigenvalue weighted by Crippen LogP contribution is -2.49. The molecule has 3 aromatic rings. The highest BCUT2D eigenvalue weighted by molar-refractivity contribution is 7.91. The Morgan fingerprint density at radius 3 is 2.65 bits per heavy atom. The number of allylic oxidation sites excluding steroid dienone is 1. The fraction of sp³-hybridized carbons (Fsp3) is 0.462. The highest BCUT2D eigenvalue weighted by Gasteiger charge is 2.44. The third kappa shape index (κ3) is 7.87. The number of sulfone groups is 1. The number of sulfonamides is 1. The Hall–Kier alpha value is -3.38. The number of fused-ring (bicyclic) bond motifs is 4. The Balaban J connectivity index is 1.20. The Morgan fingerprint density at radius 2 is 1.86 bits per heavy atom. The van der Waals surface area contributed by atoms with E-state index in [2.05, 4.69) is 15.7 Å². The fourth-order valence-electron chi connectivity index (χ4n) is 8.41. The van der Waals surface area contributed by atoms with Crippen LogP contribution in [0.2, 0.25) is 5.02 Å². The molecule has 0 aromatic heterocycles. The molecule has 4 aliphatic rings. The Bertz CT molecular complexity index is 2020. The summed E-state index contributed by atoms with van der Waals surface area (Å²) in [6, 6.07) is 19.9. The van der Waals surface area contributed by atoms with Gasteiger partial charge in [-0.15, -0.1) is 0 Å². The fourth-order valence-corrected chi connectivity index (χ4v) is 11.7. The average Bonchev–Trinajstić information content (AvgIpc) is 3.22. The zero-order valence-electron chi connectivity index (χ0n) is 28.5. The summed E-state index contributed by atoms with van der Waals surface area (Å²) in [7, 11) is -7.91. The number of carbonyl (C=O) groups excluding carboxylic acids is 1. The predicted octanol–water partition coefficient (Wildman–Crippen LogP) is 5.98. The lowest BCUT2D eigenvalue weighted by atomic mass is 9.68. The number of hydrogen-bond acceptors (Lipinski definition) is 8. The highest BCUT2D eigenvalue weighted by atomic mass is 35.5. The minimum atomic E-state index is -4.28. The van der Waals surface area contributed by atoms with E-state index >= 15 is 0 Å². The van der Waals surface area contributed by atoms with Gasteiger partial charge in [-0.3, -0.25) is 4.79 Å². The van der Waals surface area contributed by atoms with Gasteiger partial charge >= 0.3 is 0 Å². The average molecular weight is 753 g/mol. The predicted molar refractivity (Wildman–Crippen MR) is 200 cm³/mol. The van der Waals surface area contributed by atoms with E-state index in [0.717, 1.165) is 32.1 Å². The van der Waals surface area contributed by atoms with Crippen LogP contribution in [0, 0.1) is 11.8 Å². The van der Waals surface area contributed by atoms with Gasteiger partial charge in [-0.25, -0.2) is 21.6 Å². The zero-order valence-corrected chi connectivity index (χ0v) is 30.9. The molecular weight excluding hydrogens is 708 g/mol. The first-order valence-electron chi connectivity index (χ1n) is 17.9. The van der Waals surface area contributed by atoms with Crippen molar-refractivity contribution in [3.8, 4) is 5.75 Å². The number of benzene rings is 3. The quantitative estimate of drug-likeness (QED) is 0.305. The molecular formula is C39H45ClN2O7S2. The normalized spacial score (nSPS) is 28.3. The molecule has 1 fully saturated rings. The van der Waals surface area contributed by atoms with Crippen molar-refractivity contribution in [1.82, 2.24) is 4.72 Å². The molecule has 2 aliphatic heterocycles. The van der Waals surface area contributed by atoms with Gasteiger partial charge in [0.1, 0.15) is 5.75 Å². The molecule has 2 N–H and O–H groups in total. The van der Waals surface area contributed by atoms with Crippen LogP contribution in [0.4, 0.5) is 5.69 Å². The van der Waals surface area contributed by atoms with Crippen LogP contribution in [0.15, 0.2) is 78.9 Å². The van der Waals surface area contributed by atoms with Crippen LogP contribution >= 0.6 is 11.6 Å². The first kappa shape index (κ1) is 36.0. The summed E-state index contributed by atoms with van der Waals surface area (Å²) in [5, 5.41) is 10.8. The first-order valence-corrected chi connectivity index (χ1v) is 21.6. The van der Waals surface area contributed by atoms with Crippen molar-refractivity contribution in [2.45, 2.75) is 73.9 Å². The summed E-state index contributed by atoms with van der Waals surface area (Å²) >= 11 is 6.41. The van der Waals surface area contributed by atoms with Crippen LogP contribution in [-0.4, -0.2) is 64.7 Å². The number of hydrogen-bond donors (Lipinski definition) is 2. The molecule has 3 aromatic carbocycles. The number of amides is 1. The number of nitrogens with one attached hydrogen (secondary N) is 1. The maximum atomic E-state index is 13.8. The van der Waals surface area contributed by atoms with E-state index in [9.17, 15) is 26.7 Å². The van der Waals surface area contributed by atoms with Crippen molar-refractivity contribution >= 4 is 43.1 Å². The minimum absolute atomic E-state index is 0.0318. The van der Waals surface area contributed by atoms with E-state index in [-0.39, 0.29) is 47.2 Å². The molecule has 272 valence electrons. The van der Waals surface area contributed by atoms with Crippen molar-refractivity contribution < 1.29 is 31.5 Å². The number of aliphatic hydroxyl groups excluding tert-OH is 1. The number of nitrogens with zero attached hydrogens (tertiary/aromatic N) is 1. The van der Waals surface area contributed by atoms with Crippen LogP contribution < -0.4 is 14.4 Å². The second-order valence-electron chi connectivity index (χ2n) is 14.7. The lowest BCUT2D eigenvalue weighted by Gasteiger charge is -2.45. The molecule has 1 amide bonds. The number of ether oxygens (including phenoxy) is 1. The molecule has 1 saturated carbocycles. The van der Waals surface area contributed by atoms with Gasteiger partial charge in [0.05, 0.1) is 35.2 Å². The van der Waals surface area contributed by atoms with E-state index < -0.39 is 37.1 Å². The SMILES string of the molecule is O=C1NS(=O)(=O)[C@H](CCS(=O)(=O)Cc2ccccc2)CC/C=C/[C@H](O)[C@@H]2CC[C@H]2CN2C[C@@]3(CCCc4cc(Cl)ccc43)COc3ccc1cc32. The molecule has 2 bridgehead atoms. The molecule has 1 spiro atoms. The largest absolute Gasteiger partial charge is 0.490 e. The molecule has 0 radical (unpaired) electrons. The Morgan fingerprint density at radius 1 is 1.04 bits per heavy atom. The van der Waals surface area contributed by atoms with Crippen LogP contribution in [-0.2, 0) is 37.4 Å². The molecule has 0 unspecified atom stereocenters. The summed E-state index contributed by atoms with van der Waals surface area (Å²) in [6.45, 7) is 1.73. The number of rotatable bonds is 5. The second-order valence-corrected chi connectivity index (χ2v) is 19.3. The van der Waals surface area contributed by atoms with Gasteiger partial charge in [-0.1, -0.05) is 60.2 Å². The van der Waals surface area contributed by atoms with Crippen molar-refractivity contribution in [1.29, 1.82) is 0 Å². The van der Waals surface area contributed by atoms with E-state index in [1.807, 2.05) is 12.1 Å². The first-order chi connectivity index (χ1) is 24.4. The number of aryl methyl sites for hydroxylation is 1. The summed E-state index contributed by atoms with van der Waals surface area (Å²) in [4.78, 5) is 16.0. The van der Waals surface area contributed by atoms with Gasteiger partial charge in [0.25, 0.3) is 5.91 Å². The standard InChI is InChI=1S/C39H45ClN2O7S2/c40-31-14-16-34-28(21-31)9-6-19-39(34)25-42-23-30-12-15-33(30)36(43)11-5-4-10-32(18-20-50(45,46)24-27-7-2-1-3-8-27)51(47,48)41-38(44)29-13-17-37(49-26-39)35(42)22-29/h1-3,5,7-8,11,13-14,16-17,21-22,30,32-33,36,43H,4,6,9-10,12,15,18-20,23-26H2,(H,41,44)/b11-5+/t30-,32-,33+,36-,39-/m0/s1. The molecule has 7 rings (SSSR count). The Labute approximate surface area is 306 Å². The van der Waals surface area contributed by atoms with Crippen molar-refractivity contribution in [2.75, 3.05) is 30.3 Å². The molecule has 2 heterocycles. The summed E-state index contributed by atoms with van der Waals surface area (Å²) in [5.74, 6) is -0.466. The van der Waals surface area contributed by atoms with E-state index in [0.29, 0.717) is 48.1 Å². The number of anilines is 1. The smallest absolute Gasteiger partial charge is 0.264 e. The third-order valence-corrected chi connectivity index (χ3v) is 15.0. The van der Waals surface area contributed by atoms with Gasteiger partial charge in [-0.2, -0.15) is 0 Å². The maximum Gasteiger partial charge on any atom is 0.264 e. The van der Waals surface area contributed by atoms with E-state index in [1.165, 1.54) is 11.1 Å². The monoisotopic (exact) mass is 752 g/mol. The zero-order chi connectivity index (χ0) is 35.8. The van der Waals surface area contributed by atoms with Gasteiger partial charge < -0.3 is 14.7 Å². The third-order valence-electron chi connectivity index (χ3n) is 11.3. The lowest BCUT2D eigenvalue weighted by molar-refractivity contribution is 0.0456. The second kappa shape index (κ2) is 14.6. The number of aliphatic hydroxyl groups is 1. The molecule has 2 aliphatic carbocycles. The molecule has 0 saturated heterocycles. The van der Waals surface area contributed by atoms with Crippen LogP contribution in [0.5, 0.6) is 5.75 Å². The van der Waals surface area contributed by atoms with Crippen molar-refractivity contribution in [2.24, 2.45) is 11.8 Å². The minimum Gasteiger partial charge on any atom is -0.490 e. The summed E-state index contributed by atoms with van der Waals surface area (Å²) < 4.78 is 62.5. The van der Waals surface area contributed by atoms with Crippen molar-refractivity contribution in [3.05, 3.63) is 106 Å². The molecule has 51 heavy (non-hydrogen) atoms. The highest BCUT2D eigenvalue weighted by Crippen LogP contribution is 2.46. The van der Waals surface area contributed by atoms with E-state index in [1.54, 1.807) is 60.7 Å². The van der Waals surface area contributed by atoms with Crippen LogP contribution in [0.25, 0.3) is 0 Å². The number of carbonyl (C=O) groups is 1.